The monoisotopic (exact) mass is 242 g/mol. The molecule has 2 N–H and O–H groups in total. The van der Waals surface area contributed by atoms with E-state index >= 15 is 0 Å². The highest BCUT2D eigenvalue weighted by Crippen LogP contribution is 2.35. The highest BCUT2D eigenvalue weighted by molar-refractivity contribution is 5.98. The molecule has 2 rings (SSSR count). The van der Waals surface area contributed by atoms with E-state index in [9.17, 15) is 4.79 Å². The Kier molecular flexibility index (Phi) is 3.04. The van der Waals surface area contributed by atoms with Gasteiger partial charge in [0.25, 0.3) is 0 Å². The third kappa shape index (κ3) is 1.84. The minimum atomic E-state index is 0.0128. The summed E-state index contributed by atoms with van der Waals surface area (Å²) in [5, 5.41) is 0. The largest absolute Gasteiger partial charge is 0.398 e. The van der Waals surface area contributed by atoms with Gasteiger partial charge in [-0.05, 0) is 37.5 Å². The van der Waals surface area contributed by atoms with Crippen LogP contribution in [0.3, 0.4) is 0 Å². The number of benzene rings is 1. The van der Waals surface area contributed by atoms with Crippen LogP contribution in [-0.2, 0) is 4.79 Å². The lowest BCUT2D eigenvalue weighted by Gasteiger charge is -2.23. The number of carbonyl (C=O) groups excluding carboxylic acids is 1. The zero-order valence-electron chi connectivity index (χ0n) is 11.1. The number of terminal acetylenes is 1. The number of nitrogens with two attached hydrogens (primary N) is 1. The summed E-state index contributed by atoms with van der Waals surface area (Å²) < 4.78 is 0. The van der Waals surface area contributed by atoms with Gasteiger partial charge in [-0.15, -0.1) is 12.3 Å². The van der Waals surface area contributed by atoms with Crippen LogP contribution >= 0.6 is 0 Å². The van der Waals surface area contributed by atoms with Gasteiger partial charge < -0.3 is 10.6 Å². The molecule has 1 amide bonds. The average molecular weight is 242 g/mol. The Morgan fingerprint density at radius 3 is 2.61 bits per heavy atom. The van der Waals surface area contributed by atoms with Crippen LogP contribution in [0.1, 0.15) is 23.1 Å². The summed E-state index contributed by atoms with van der Waals surface area (Å²) in [6, 6.07) is 2.02. The summed E-state index contributed by atoms with van der Waals surface area (Å²) in [5.74, 6) is 2.77. The van der Waals surface area contributed by atoms with E-state index in [1.807, 2.05) is 26.8 Å². The molecule has 1 saturated heterocycles. The summed E-state index contributed by atoms with van der Waals surface area (Å²) in [5.41, 5.74) is 10.8. The van der Waals surface area contributed by atoms with Gasteiger partial charge in [0.1, 0.15) is 0 Å². The van der Waals surface area contributed by atoms with E-state index in [1.165, 1.54) is 0 Å². The van der Waals surface area contributed by atoms with Gasteiger partial charge in [-0.25, -0.2) is 0 Å². The molecule has 1 aliphatic rings. The Morgan fingerprint density at radius 2 is 2.06 bits per heavy atom. The number of anilines is 2. The van der Waals surface area contributed by atoms with Crippen LogP contribution in [0.5, 0.6) is 0 Å². The number of aryl methyl sites for hydroxylation is 2. The first-order chi connectivity index (χ1) is 8.45. The molecule has 0 bridgehead atoms. The molecule has 0 spiro atoms. The first-order valence-electron chi connectivity index (χ1n) is 6.08. The van der Waals surface area contributed by atoms with E-state index < -0.39 is 0 Å². The van der Waals surface area contributed by atoms with Crippen LogP contribution in [0, 0.1) is 39.0 Å². The zero-order chi connectivity index (χ0) is 13.4. The fraction of sp³-hybridized carbons (Fsp3) is 0.400. The van der Waals surface area contributed by atoms with Crippen molar-refractivity contribution in [2.45, 2.75) is 27.2 Å². The van der Waals surface area contributed by atoms with Gasteiger partial charge in [0.05, 0.1) is 5.69 Å². The van der Waals surface area contributed by atoms with E-state index in [0.29, 0.717) is 13.0 Å². The third-order valence-corrected chi connectivity index (χ3v) is 3.62. The molecule has 0 aromatic heterocycles. The number of amides is 1. The third-order valence-electron chi connectivity index (χ3n) is 3.62. The number of nitrogen functional groups attached to an aromatic ring is 1. The van der Waals surface area contributed by atoms with Gasteiger partial charge >= 0.3 is 0 Å². The van der Waals surface area contributed by atoms with Gasteiger partial charge in [-0.2, -0.15) is 0 Å². The van der Waals surface area contributed by atoms with E-state index in [1.54, 1.807) is 4.90 Å². The Hall–Kier alpha value is -1.95. The molecule has 1 aromatic rings. The van der Waals surface area contributed by atoms with Gasteiger partial charge in [-0.1, -0.05) is 6.07 Å². The second-order valence-electron chi connectivity index (χ2n) is 4.97. The summed E-state index contributed by atoms with van der Waals surface area (Å²) >= 11 is 0. The molecule has 0 radical (unpaired) electrons. The molecule has 3 nitrogen and oxygen atoms in total. The minimum absolute atomic E-state index is 0.0128. The standard InChI is InChI=1S/C15H18N2O/c1-5-12-7-13(18)17(8-12)15-10(3)6-9(2)14(16)11(15)4/h1,6,12H,7-8,16H2,2-4H3. The number of hydrogen-bond donors (Lipinski definition) is 1. The van der Waals surface area contributed by atoms with Crippen LogP contribution in [-0.4, -0.2) is 12.5 Å². The topological polar surface area (TPSA) is 46.3 Å². The van der Waals surface area contributed by atoms with Crippen molar-refractivity contribution in [2.75, 3.05) is 17.2 Å². The average Bonchev–Trinajstić information content (AvgIpc) is 2.68. The molecular weight excluding hydrogens is 224 g/mol. The second kappa shape index (κ2) is 4.38. The van der Waals surface area contributed by atoms with Gasteiger partial charge in [-0.3, -0.25) is 4.79 Å². The van der Waals surface area contributed by atoms with Crippen molar-refractivity contribution in [3.8, 4) is 12.3 Å². The summed E-state index contributed by atoms with van der Waals surface area (Å²) in [6.07, 6.45) is 5.85. The lowest BCUT2D eigenvalue weighted by Crippen LogP contribution is -2.26. The van der Waals surface area contributed by atoms with E-state index in [2.05, 4.69) is 5.92 Å². The maximum atomic E-state index is 12.0. The first kappa shape index (κ1) is 12.5. The SMILES string of the molecule is C#CC1CC(=O)N(c2c(C)cc(C)c(N)c2C)C1. The van der Waals surface area contributed by atoms with Crippen molar-refractivity contribution in [3.63, 3.8) is 0 Å². The Labute approximate surface area is 108 Å². The summed E-state index contributed by atoms with van der Waals surface area (Å²) in [7, 11) is 0. The number of carbonyl (C=O) groups is 1. The summed E-state index contributed by atoms with van der Waals surface area (Å²) in [6.45, 7) is 6.54. The lowest BCUT2D eigenvalue weighted by atomic mass is 10.0. The zero-order valence-corrected chi connectivity index (χ0v) is 11.1. The maximum absolute atomic E-state index is 12.0. The molecule has 1 fully saturated rings. The van der Waals surface area contributed by atoms with Crippen molar-refractivity contribution in [2.24, 2.45) is 5.92 Å². The van der Waals surface area contributed by atoms with Crippen LogP contribution in [0.4, 0.5) is 11.4 Å². The molecule has 0 aliphatic carbocycles. The van der Waals surface area contributed by atoms with Crippen molar-refractivity contribution in [1.29, 1.82) is 0 Å². The number of hydrogen-bond acceptors (Lipinski definition) is 2. The predicted molar refractivity (Wildman–Crippen MR) is 74.4 cm³/mol. The fourth-order valence-corrected chi connectivity index (χ4v) is 2.64. The van der Waals surface area contributed by atoms with Crippen molar-refractivity contribution >= 4 is 17.3 Å². The van der Waals surface area contributed by atoms with Crippen LogP contribution < -0.4 is 10.6 Å². The Morgan fingerprint density at radius 1 is 1.39 bits per heavy atom. The first-order valence-corrected chi connectivity index (χ1v) is 6.08. The van der Waals surface area contributed by atoms with Gasteiger partial charge in [0.15, 0.2) is 0 Å². The van der Waals surface area contributed by atoms with Gasteiger partial charge in [0.2, 0.25) is 5.91 Å². The molecule has 1 aliphatic heterocycles. The van der Waals surface area contributed by atoms with Crippen molar-refractivity contribution < 1.29 is 4.79 Å². The molecule has 1 heterocycles. The lowest BCUT2D eigenvalue weighted by molar-refractivity contribution is -0.117. The summed E-state index contributed by atoms with van der Waals surface area (Å²) in [4.78, 5) is 13.8. The molecule has 1 atom stereocenters. The molecule has 94 valence electrons. The molecule has 0 saturated carbocycles. The normalized spacial score (nSPS) is 19.1. The van der Waals surface area contributed by atoms with Crippen molar-refractivity contribution in [1.82, 2.24) is 0 Å². The maximum Gasteiger partial charge on any atom is 0.228 e. The molecule has 3 heteroatoms. The van der Waals surface area contributed by atoms with E-state index in [0.717, 1.165) is 28.1 Å². The highest BCUT2D eigenvalue weighted by Gasteiger charge is 2.31. The van der Waals surface area contributed by atoms with E-state index in [-0.39, 0.29) is 11.8 Å². The van der Waals surface area contributed by atoms with Crippen LogP contribution in [0.2, 0.25) is 0 Å². The van der Waals surface area contributed by atoms with Crippen LogP contribution in [0.15, 0.2) is 6.07 Å². The fourth-order valence-electron chi connectivity index (χ4n) is 2.64. The molecule has 18 heavy (non-hydrogen) atoms. The minimum Gasteiger partial charge on any atom is -0.398 e. The van der Waals surface area contributed by atoms with E-state index in [4.69, 9.17) is 12.2 Å². The highest BCUT2D eigenvalue weighted by atomic mass is 16.2. The quantitative estimate of drug-likeness (QED) is 0.606. The molecule has 1 aromatic carbocycles. The Bertz CT molecular complexity index is 555. The predicted octanol–water partition coefficient (Wildman–Crippen LogP) is 2.18. The van der Waals surface area contributed by atoms with Crippen LogP contribution in [0.25, 0.3) is 0 Å². The number of rotatable bonds is 1. The molecular formula is C15H18N2O. The molecule has 1 unspecified atom stereocenters. The Balaban J connectivity index is 2.50. The number of nitrogens with zero attached hydrogens (tertiary/aromatic N) is 1. The second-order valence-corrected chi connectivity index (χ2v) is 4.97. The smallest absolute Gasteiger partial charge is 0.228 e. The van der Waals surface area contributed by atoms with Gasteiger partial charge in [0, 0.05) is 24.6 Å². The van der Waals surface area contributed by atoms with Crippen molar-refractivity contribution in [3.05, 3.63) is 22.8 Å².